The van der Waals surface area contributed by atoms with E-state index in [1.165, 1.54) is 0 Å². The zero-order chi connectivity index (χ0) is 13.9. The Bertz CT molecular complexity index is 409. The van der Waals surface area contributed by atoms with E-state index in [2.05, 4.69) is 39.8 Å². The fourth-order valence-corrected chi connectivity index (χ4v) is 2.70. The van der Waals surface area contributed by atoms with Gasteiger partial charge in [0.1, 0.15) is 8.96 Å². The molecule has 0 bridgehead atoms. The molecule has 0 N–H and O–H groups in total. The maximum Gasteiger partial charge on any atom is 0.143 e. The molecule has 0 saturated heterocycles. The first kappa shape index (κ1) is 15.5. The second-order valence-corrected chi connectivity index (χ2v) is 6.22. The lowest BCUT2D eigenvalue weighted by Crippen LogP contribution is -2.36. The van der Waals surface area contributed by atoms with Crippen molar-refractivity contribution in [1.82, 2.24) is 0 Å². The van der Waals surface area contributed by atoms with Crippen LogP contribution in [0.25, 0.3) is 41.8 Å². The van der Waals surface area contributed by atoms with Crippen LogP contribution in [0.15, 0.2) is 20.1 Å². The van der Waals surface area contributed by atoms with E-state index < -0.39 is 14.0 Å². The van der Waals surface area contributed by atoms with Crippen LogP contribution in [0.4, 0.5) is 0 Å². The van der Waals surface area contributed by atoms with Crippen LogP contribution < -0.4 is 0 Å². The zero-order valence-corrected chi connectivity index (χ0v) is 10.7. The van der Waals surface area contributed by atoms with Crippen molar-refractivity contribution in [2.24, 2.45) is 20.1 Å². The molecule has 0 aromatic rings. The van der Waals surface area contributed by atoms with E-state index in [1.54, 1.807) is 6.55 Å². The molecule has 0 aliphatic carbocycles. The number of hydrogen-bond acceptors (Lipinski definition) is 4. The molecule has 1 unspecified atom stereocenters. The van der Waals surface area contributed by atoms with Gasteiger partial charge in [-0.3, -0.25) is 0 Å². The van der Waals surface area contributed by atoms with Crippen molar-refractivity contribution in [3.8, 4) is 0 Å². The van der Waals surface area contributed by atoms with Gasteiger partial charge in [0.2, 0.25) is 0 Å². The minimum atomic E-state index is -2.13. The number of hydrogen-bond donors (Lipinski definition) is 0. The average molecular weight is 266 g/mol. The molecule has 0 amide bonds. The average Bonchev–Trinajstić information content (AvgIpc) is 2.38. The monoisotopic (exact) mass is 266 g/mol. The summed E-state index contributed by atoms with van der Waals surface area (Å²) in [6.45, 7) is 1.56. The first-order valence-corrected chi connectivity index (χ1v) is 6.98. The molecule has 0 saturated carbocycles. The highest BCUT2D eigenvalue weighted by molar-refractivity contribution is 6.59. The van der Waals surface area contributed by atoms with Gasteiger partial charge in [-0.1, -0.05) is 21.9 Å². The molecule has 94 valence electrons. The molecule has 0 rings (SSSR count). The maximum absolute atomic E-state index is 8.46. The van der Waals surface area contributed by atoms with Crippen molar-refractivity contribution in [3.63, 3.8) is 0 Å². The molecule has 0 aliphatic heterocycles. The Labute approximate surface area is 103 Å². The Morgan fingerprint density at radius 3 is 1.50 bits per heavy atom. The molecular weight excluding hydrogens is 256 g/mol. The molecule has 0 heterocycles. The molecule has 0 aromatic carbocycles. The van der Waals surface area contributed by atoms with Crippen molar-refractivity contribution in [2.75, 3.05) is 19.6 Å². The van der Waals surface area contributed by atoms with Crippen LogP contribution in [-0.4, -0.2) is 28.6 Å². The summed E-state index contributed by atoms with van der Waals surface area (Å²) in [6.07, 6.45) is 0. The summed E-state index contributed by atoms with van der Waals surface area (Å²) in [4.78, 5) is 10.6. The van der Waals surface area contributed by atoms with Gasteiger partial charge in [0.05, 0.1) is 0 Å². The lowest BCUT2D eigenvalue weighted by molar-refractivity contribution is 0.566. The highest BCUT2D eigenvalue weighted by Crippen LogP contribution is 2.33. The fourth-order valence-electron chi connectivity index (χ4n) is 1.26. The third kappa shape index (κ3) is 4.54. The van der Waals surface area contributed by atoms with Gasteiger partial charge in [0.15, 0.2) is 0 Å². The minimum absolute atomic E-state index is 0.0477. The van der Waals surface area contributed by atoms with E-state index in [1.807, 2.05) is 0 Å². The summed E-state index contributed by atoms with van der Waals surface area (Å²) in [7, 11) is -2.13. The molecule has 13 heteroatoms. The first-order chi connectivity index (χ1) is 8.66. The predicted octanol–water partition coefficient (Wildman–Crippen LogP) is 3.32. The van der Waals surface area contributed by atoms with Crippen LogP contribution in [0.5, 0.6) is 0 Å². The van der Waals surface area contributed by atoms with Crippen LogP contribution >= 0.6 is 0 Å². The summed E-state index contributed by atoms with van der Waals surface area (Å²) in [5.41, 5.74) is 33.5. The van der Waals surface area contributed by atoms with Crippen molar-refractivity contribution in [2.45, 2.75) is 11.6 Å². The van der Waals surface area contributed by atoms with Crippen LogP contribution in [0.2, 0.25) is 11.6 Å². The quantitative estimate of drug-likeness (QED) is 0.269. The van der Waals surface area contributed by atoms with Gasteiger partial charge in [0, 0.05) is 34.4 Å². The van der Waals surface area contributed by atoms with Crippen molar-refractivity contribution in [1.29, 1.82) is 0 Å². The van der Waals surface area contributed by atoms with Gasteiger partial charge >= 0.3 is 0 Å². The fraction of sp³-hybridized carbons (Fsp3) is 1.00. The maximum atomic E-state index is 8.46. The lowest BCUT2D eigenvalue weighted by Gasteiger charge is -2.31. The smallest absolute Gasteiger partial charge is 0.128 e. The number of azide groups is 4. The summed E-state index contributed by atoms with van der Waals surface area (Å²) in [5.74, 6) is 0. The van der Waals surface area contributed by atoms with Crippen LogP contribution in [-0.2, 0) is 0 Å². The predicted molar refractivity (Wildman–Crippen MR) is 66.9 cm³/mol. The zero-order valence-electron chi connectivity index (χ0n) is 9.57. The molecule has 0 aromatic heterocycles. The van der Waals surface area contributed by atoms with Gasteiger partial charge in [-0.2, -0.15) is 0 Å². The Kier molecular flexibility index (Phi) is 7.38. The van der Waals surface area contributed by atoms with Gasteiger partial charge in [-0.25, -0.2) is 0 Å². The van der Waals surface area contributed by atoms with Gasteiger partial charge in [0.25, 0.3) is 0 Å². The molecule has 0 aliphatic rings. The Morgan fingerprint density at radius 1 is 0.833 bits per heavy atom. The third-order valence-corrected chi connectivity index (χ3v) is 5.23. The van der Waals surface area contributed by atoms with Crippen LogP contribution in [0, 0.1) is 0 Å². The number of rotatable bonds is 8. The minimum Gasteiger partial charge on any atom is -0.128 e. The highest BCUT2D eigenvalue weighted by atomic mass is 28.3. The van der Waals surface area contributed by atoms with E-state index in [0.29, 0.717) is 0 Å². The largest absolute Gasteiger partial charge is 0.143 e. The van der Waals surface area contributed by atoms with Gasteiger partial charge in [-0.05, 0) is 32.1 Å². The van der Waals surface area contributed by atoms with Crippen molar-refractivity contribution >= 4 is 8.96 Å². The number of nitrogens with zero attached hydrogens (tertiary/aromatic N) is 12. The molecule has 18 heavy (non-hydrogen) atoms. The van der Waals surface area contributed by atoms with Crippen molar-refractivity contribution < 1.29 is 0 Å². The summed E-state index contributed by atoms with van der Waals surface area (Å²) in [5, 5.41) is 9.38. The summed E-state index contributed by atoms with van der Waals surface area (Å²) < 4.78 is 3.63. The molecule has 0 fully saturated rings. The third-order valence-electron chi connectivity index (χ3n) is 2.46. The van der Waals surface area contributed by atoms with Gasteiger partial charge in [-0.15, -0.1) is 4.78 Å². The van der Waals surface area contributed by atoms with Crippen LogP contribution in [0.3, 0.4) is 0 Å². The normalized spacial score (nSPS) is 13.6. The van der Waals surface area contributed by atoms with E-state index in [9.17, 15) is 0 Å². The first-order valence-electron chi connectivity index (χ1n) is 4.73. The van der Waals surface area contributed by atoms with E-state index in [4.69, 9.17) is 22.1 Å². The Balaban J connectivity index is 5.45. The topological polar surface area (TPSA) is 195 Å². The Hall–Kier alpha value is -2.54. The molecule has 0 radical (unpaired) electrons. The molecule has 0 spiro atoms. The second-order valence-electron chi connectivity index (χ2n) is 3.41. The summed E-state index contributed by atoms with van der Waals surface area (Å²) in [6, 6.07) is 0. The second kappa shape index (κ2) is 8.59. The lowest BCUT2D eigenvalue weighted by atomic mass is 10.1. The standard InChI is InChI=1S/C5H10N12Si/c1-18(17-16-9)5(2-10-13-6,3-11-14-7)4-12-15-8/h18H,2-4H2,1H3. The molecular formula is C5H10N12Si. The van der Waals surface area contributed by atoms with Gasteiger partial charge < -0.3 is 0 Å². The van der Waals surface area contributed by atoms with E-state index in [0.717, 1.165) is 0 Å². The molecule has 12 nitrogen and oxygen atoms in total. The highest BCUT2D eigenvalue weighted by Gasteiger charge is 2.35. The summed E-state index contributed by atoms with van der Waals surface area (Å²) >= 11 is 0. The van der Waals surface area contributed by atoms with E-state index >= 15 is 0 Å². The van der Waals surface area contributed by atoms with E-state index in [-0.39, 0.29) is 19.6 Å². The van der Waals surface area contributed by atoms with Crippen LogP contribution in [0.1, 0.15) is 0 Å². The SMILES string of the molecule is C[SiH](N=[N+]=[N-])C(CN=[N+]=[N-])(CN=[N+]=[N-])CN=[N+]=[N-]. The van der Waals surface area contributed by atoms with Crippen molar-refractivity contribution in [3.05, 3.63) is 41.8 Å². The Morgan fingerprint density at radius 2 is 1.22 bits per heavy atom. The molecule has 1 atom stereocenters.